The maximum atomic E-state index is 4.68. The maximum absolute atomic E-state index is 4.68. The minimum Gasteiger partial charge on any atom is -0.370 e. The summed E-state index contributed by atoms with van der Waals surface area (Å²) in [5, 5.41) is 4.50. The number of nitrogens with zero attached hydrogens (tertiary/aromatic N) is 2. The maximum Gasteiger partial charge on any atom is 0.142 e. The van der Waals surface area contributed by atoms with Gasteiger partial charge in [0.2, 0.25) is 0 Å². The van der Waals surface area contributed by atoms with Crippen LogP contribution in [-0.4, -0.2) is 22.3 Å². The average molecular weight is 295 g/mol. The van der Waals surface area contributed by atoms with E-state index in [2.05, 4.69) is 49.0 Å². The summed E-state index contributed by atoms with van der Waals surface area (Å²) in [5.41, 5.74) is 0. The number of rotatable bonds is 6. The predicted molar refractivity (Wildman–Crippen MR) is 87.3 cm³/mol. The summed E-state index contributed by atoms with van der Waals surface area (Å²) in [6.07, 6.45) is 0. The molecule has 2 aromatic rings. The molecule has 2 heterocycles. The summed E-state index contributed by atoms with van der Waals surface area (Å²) in [6.45, 7) is 9.59. The van der Waals surface area contributed by atoms with E-state index in [0.29, 0.717) is 5.92 Å². The Hall–Kier alpha value is -0.810. The molecule has 0 fully saturated rings. The zero-order valence-electron chi connectivity index (χ0n) is 12.0. The number of nitrogens with one attached hydrogen (secondary N) is 1. The van der Waals surface area contributed by atoms with Crippen molar-refractivity contribution in [3.05, 3.63) is 16.8 Å². The normalized spacial score (nSPS) is 11.4. The van der Waals surface area contributed by atoms with Crippen molar-refractivity contribution in [3.63, 3.8) is 0 Å². The van der Waals surface area contributed by atoms with Crippen molar-refractivity contribution in [1.29, 1.82) is 0 Å². The molecule has 0 aromatic carbocycles. The molecule has 0 saturated carbocycles. The van der Waals surface area contributed by atoms with E-state index in [-0.39, 0.29) is 0 Å². The quantitative estimate of drug-likeness (QED) is 0.861. The van der Waals surface area contributed by atoms with Crippen molar-refractivity contribution in [2.45, 2.75) is 33.4 Å². The lowest BCUT2D eigenvalue weighted by Crippen LogP contribution is -2.03. The molecule has 19 heavy (non-hydrogen) atoms. The number of thioether (sulfide) groups is 1. The highest BCUT2D eigenvalue weighted by Crippen LogP contribution is 2.29. The number of aryl methyl sites for hydroxylation is 1. The molecule has 0 spiro atoms. The highest BCUT2D eigenvalue weighted by Gasteiger charge is 2.10. The summed E-state index contributed by atoms with van der Waals surface area (Å²) < 4.78 is 0. The molecule has 3 nitrogen and oxygen atoms in total. The van der Waals surface area contributed by atoms with Crippen molar-refractivity contribution < 1.29 is 0 Å². The Morgan fingerprint density at radius 1 is 1.37 bits per heavy atom. The summed E-state index contributed by atoms with van der Waals surface area (Å²) in [5.74, 6) is 4.68. The molecule has 0 amide bonds. The fourth-order valence-electron chi connectivity index (χ4n) is 1.84. The van der Waals surface area contributed by atoms with E-state index in [4.69, 9.17) is 0 Å². The Kier molecular flexibility index (Phi) is 5.05. The van der Waals surface area contributed by atoms with Crippen LogP contribution < -0.4 is 5.32 Å². The van der Waals surface area contributed by atoms with Gasteiger partial charge >= 0.3 is 0 Å². The average Bonchev–Trinajstić information content (AvgIpc) is 2.69. The fourth-order valence-corrected chi connectivity index (χ4v) is 3.64. The minimum atomic E-state index is 0.714. The molecule has 104 valence electrons. The summed E-state index contributed by atoms with van der Waals surface area (Å²) in [7, 11) is 0. The van der Waals surface area contributed by atoms with Gasteiger partial charge in [0.15, 0.2) is 0 Å². The Morgan fingerprint density at radius 2 is 2.16 bits per heavy atom. The van der Waals surface area contributed by atoms with Gasteiger partial charge in [-0.25, -0.2) is 9.97 Å². The first kappa shape index (κ1) is 14.6. The zero-order valence-corrected chi connectivity index (χ0v) is 13.6. The lowest BCUT2D eigenvalue weighted by atomic mass is 10.3. The van der Waals surface area contributed by atoms with Crippen molar-refractivity contribution in [3.8, 4) is 0 Å². The van der Waals surface area contributed by atoms with Gasteiger partial charge in [0.1, 0.15) is 16.5 Å². The molecule has 0 aliphatic rings. The fraction of sp³-hybridized carbons (Fsp3) is 0.571. The summed E-state index contributed by atoms with van der Waals surface area (Å²) >= 11 is 3.65. The molecule has 5 heteroatoms. The largest absolute Gasteiger partial charge is 0.370 e. The van der Waals surface area contributed by atoms with Crippen LogP contribution in [0.2, 0.25) is 0 Å². The highest BCUT2D eigenvalue weighted by atomic mass is 32.2. The van der Waals surface area contributed by atoms with Crippen LogP contribution in [0, 0.1) is 12.8 Å². The minimum absolute atomic E-state index is 0.714. The first-order chi connectivity index (χ1) is 9.10. The monoisotopic (exact) mass is 295 g/mol. The molecule has 0 bridgehead atoms. The number of anilines is 1. The second-order valence-corrected chi connectivity index (χ2v) is 7.27. The lowest BCUT2D eigenvalue weighted by molar-refractivity contribution is 0.750. The van der Waals surface area contributed by atoms with Gasteiger partial charge in [0, 0.05) is 11.4 Å². The van der Waals surface area contributed by atoms with Gasteiger partial charge in [-0.3, -0.25) is 0 Å². The molecule has 0 atom stereocenters. The van der Waals surface area contributed by atoms with E-state index in [1.165, 1.54) is 4.88 Å². The van der Waals surface area contributed by atoms with Crippen LogP contribution in [0.1, 0.15) is 31.5 Å². The predicted octanol–water partition coefficient (Wildman–Crippen LogP) is 4.32. The highest BCUT2D eigenvalue weighted by molar-refractivity contribution is 7.98. The van der Waals surface area contributed by atoms with Crippen molar-refractivity contribution in [1.82, 2.24) is 9.97 Å². The van der Waals surface area contributed by atoms with Gasteiger partial charge in [0.25, 0.3) is 0 Å². The molecule has 0 aliphatic carbocycles. The summed E-state index contributed by atoms with van der Waals surface area (Å²) in [4.78, 5) is 11.7. The topological polar surface area (TPSA) is 37.8 Å². The standard InChI is InChI=1S/C14H21N3S2/c1-5-15-13-11-6-10(4)19-14(11)17-12(16-13)8-18-7-9(2)3/h6,9H,5,7-8H2,1-4H3,(H,15,16,17). The first-order valence-corrected chi connectivity index (χ1v) is 8.66. The Morgan fingerprint density at radius 3 is 2.84 bits per heavy atom. The van der Waals surface area contributed by atoms with E-state index < -0.39 is 0 Å². The second kappa shape index (κ2) is 6.57. The van der Waals surface area contributed by atoms with E-state index in [0.717, 1.165) is 39.9 Å². The van der Waals surface area contributed by atoms with E-state index in [1.54, 1.807) is 11.3 Å². The SMILES string of the molecule is CCNc1nc(CSCC(C)C)nc2sc(C)cc12. The molecule has 0 radical (unpaired) electrons. The van der Waals surface area contributed by atoms with Gasteiger partial charge in [-0.2, -0.15) is 11.8 Å². The van der Waals surface area contributed by atoms with Gasteiger partial charge in [-0.15, -0.1) is 11.3 Å². The molecule has 0 aliphatic heterocycles. The molecule has 0 saturated heterocycles. The molecular weight excluding hydrogens is 274 g/mol. The van der Waals surface area contributed by atoms with Crippen molar-refractivity contribution in [2.24, 2.45) is 5.92 Å². The van der Waals surface area contributed by atoms with Crippen LogP contribution >= 0.6 is 23.1 Å². The van der Waals surface area contributed by atoms with Crippen molar-refractivity contribution in [2.75, 3.05) is 17.6 Å². The van der Waals surface area contributed by atoms with Gasteiger partial charge in [-0.1, -0.05) is 13.8 Å². The third kappa shape index (κ3) is 3.83. The van der Waals surface area contributed by atoms with Gasteiger partial charge in [0.05, 0.1) is 11.1 Å². The molecule has 1 N–H and O–H groups in total. The smallest absolute Gasteiger partial charge is 0.142 e. The third-order valence-electron chi connectivity index (χ3n) is 2.59. The van der Waals surface area contributed by atoms with Crippen LogP contribution in [0.5, 0.6) is 0 Å². The third-order valence-corrected chi connectivity index (χ3v) is 4.90. The van der Waals surface area contributed by atoms with Crippen LogP contribution in [0.15, 0.2) is 6.07 Å². The Bertz CT molecular complexity index is 549. The van der Waals surface area contributed by atoms with E-state index >= 15 is 0 Å². The van der Waals surface area contributed by atoms with E-state index in [1.807, 2.05) is 11.8 Å². The van der Waals surface area contributed by atoms with Crippen molar-refractivity contribution >= 4 is 39.1 Å². The van der Waals surface area contributed by atoms with E-state index in [9.17, 15) is 0 Å². The molecule has 0 unspecified atom stereocenters. The molecule has 2 aromatic heterocycles. The molecule has 2 rings (SSSR count). The number of aromatic nitrogens is 2. The number of thiophene rings is 1. The zero-order chi connectivity index (χ0) is 13.8. The van der Waals surface area contributed by atoms with Crippen LogP contribution in [0.4, 0.5) is 5.82 Å². The first-order valence-electron chi connectivity index (χ1n) is 6.68. The number of hydrogen-bond acceptors (Lipinski definition) is 5. The number of fused-ring (bicyclic) bond motifs is 1. The van der Waals surface area contributed by atoms with Crippen LogP contribution in [-0.2, 0) is 5.75 Å². The van der Waals surface area contributed by atoms with Gasteiger partial charge < -0.3 is 5.32 Å². The van der Waals surface area contributed by atoms with Gasteiger partial charge in [-0.05, 0) is 31.6 Å². The molecular formula is C14H21N3S2. The second-order valence-electron chi connectivity index (χ2n) is 5.00. The van der Waals surface area contributed by atoms with Crippen LogP contribution in [0.25, 0.3) is 10.2 Å². The lowest BCUT2D eigenvalue weighted by Gasteiger charge is -2.07. The van der Waals surface area contributed by atoms with Crippen LogP contribution in [0.3, 0.4) is 0 Å². The Labute approximate surface area is 123 Å². The number of hydrogen-bond donors (Lipinski definition) is 1. The summed E-state index contributed by atoms with van der Waals surface area (Å²) in [6, 6.07) is 2.17. The Balaban J connectivity index is 2.24.